The van der Waals surface area contributed by atoms with Gasteiger partial charge >= 0.3 is 24.3 Å². The van der Waals surface area contributed by atoms with E-state index in [4.69, 9.17) is 5.73 Å². The van der Waals surface area contributed by atoms with Crippen LogP contribution in [-0.4, -0.2) is 81.4 Å². The third-order valence-electron chi connectivity index (χ3n) is 6.57. The molecule has 9 nitrogen and oxygen atoms in total. The first-order chi connectivity index (χ1) is 20.7. The molecule has 2 fully saturated rings. The fourth-order valence-electron chi connectivity index (χ4n) is 4.47. The summed E-state index contributed by atoms with van der Waals surface area (Å²) < 4.78 is 88.8. The Kier molecular flexibility index (Phi) is 11.9. The van der Waals surface area contributed by atoms with Crippen molar-refractivity contribution in [2.24, 2.45) is 4.99 Å². The fourth-order valence-corrected chi connectivity index (χ4v) is 6.28. The van der Waals surface area contributed by atoms with Gasteiger partial charge in [0.05, 0.1) is 53.5 Å². The van der Waals surface area contributed by atoms with Gasteiger partial charge in [-0.15, -0.1) is 0 Å². The highest BCUT2D eigenvalue weighted by Gasteiger charge is 2.38. The van der Waals surface area contributed by atoms with Gasteiger partial charge in [0.2, 0.25) is 6.08 Å². The van der Waals surface area contributed by atoms with Crippen LogP contribution in [0.15, 0.2) is 29.3 Å². The van der Waals surface area contributed by atoms with E-state index in [-0.39, 0.29) is 28.2 Å². The first kappa shape index (κ1) is 34.9. The third-order valence-corrected chi connectivity index (χ3v) is 8.46. The average Bonchev–Trinajstić information content (AvgIpc) is 3.00. The topological polar surface area (TPSA) is 115 Å². The Morgan fingerprint density at radius 1 is 0.773 bits per heavy atom. The molecule has 0 aromatic heterocycles. The standard InChI is InChI=1S/C14H13F3N2O3S.C13H15F3N2O2S/c1-22-13(21)9-6-12(19-2-4-23-5-3-19)10(14(15,16)17)7-11(9)18-8-20;1-20-12(19)8-6-11(18-2-4-21-5-3-18)9(7-10(8)17)13(14,15)16/h6-7H,2-5H2,1H3;6-7H,2-5,17H2,1H3. The second kappa shape index (κ2) is 14.9. The highest BCUT2D eigenvalue weighted by atomic mass is 32.2. The molecule has 0 aliphatic carbocycles. The maximum absolute atomic E-state index is 13.4. The summed E-state index contributed by atoms with van der Waals surface area (Å²) in [5.41, 5.74) is 2.81. The van der Waals surface area contributed by atoms with Gasteiger partial charge in [-0.25, -0.2) is 14.4 Å². The normalized spacial score (nSPS) is 15.5. The lowest BCUT2D eigenvalue weighted by Gasteiger charge is -2.31. The SMILES string of the molecule is COC(=O)c1cc(N2CCSCC2)c(C(F)(F)F)cc1N.COC(=O)c1cc(N2CCSCC2)c(C(F)(F)F)cc1N=C=O. The van der Waals surface area contributed by atoms with Crippen LogP contribution in [-0.2, 0) is 26.6 Å². The number of anilines is 3. The summed E-state index contributed by atoms with van der Waals surface area (Å²) >= 11 is 3.33. The highest BCUT2D eigenvalue weighted by molar-refractivity contribution is 7.99. The smallest absolute Gasteiger partial charge is 0.418 e. The van der Waals surface area contributed by atoms with Gasteiger partial charge in [-0.1, -0.05) is 0 Å². The van der Waals surface area contributed by atoms with Crippen LogP contribution < -0.4 is 15.5 Å². The number of alkyl halides is 6. The molecule has 2 aromatic carbocycles. The summed E-state index contributed by atoms with van der Waals surface area (Å²) in [6.07, 6.45) is -8.00. The Morgan fingerprint density at radius 3 is 1.59 bits per heavy atom. The van der Waals surface area contributed by atoms with E-state index in [1.807, 2.05) is 0 Å². The molecule has 0 bridgehead atoms. The molecule has 0 unspecified atom stereocenters. The molecule has 2 aliphatic heterocycles. The molecule has 0 atom stereocenters. The fraction of sp³-hybridized carbons (Fsp3) is 0.444. The van der Waals surface area contributed by atoms with Gasteiger partial charge in [0.1, 0.15) is 0 Å². The van der Waals surface area contributed by atoms with Gasteiger partial charge in [0.15, 0.2) is 0 Å². The van der Waals surface area contributed by atoms with Crippen molar-refractivity contribution in [3.63, 3.8) is 0 Å². The number of nitrogens with two attached hydrogens (primary N) is 1. The molecule has 0 amide bonds. The van der Waals surface area contributed by atoms with Crippen LogP contribution in [0, 0.1) is 0 Å². The van der Waals surface area contributed by atoms with Crippen LogP contribution in [0.5, 0.6) is 0 Å². The number of halogens is 6. The molecule has 44 heavy (non-hydrogen) atoms. The van der Waals surface area contributed by atoms with E-state index in [9.17, 15) is 40.7 Å². The second-order valence-corrected chi connectivity index (χ2v) is 11.7. The Hall–Kier alpha value is -3.56. The second-order valence-electron chi connectivity index (χ2n) is 9.22. The van der Waals surface area contributed by atoms with Gasteiger partial charge < -0.3 is 25.0 Å². The molecule has 240 valence electrons. The number of nitrogens with zero attached hydrogens (tertiary/aromatic N) is 3. The molecule has 0 saturated carbocycles. The Labute approximate surface area is 257 Å². The molecule has 4 rings (SSSR count). The number of benzene rings is 2. The van der Waals surface area contributed by atoms with Crippen molar-refractivity contribution in [3.05, 3.63) is 46.5 Å². The van der Waals surface area contributed by atoms with Crippen molar-refractivity contribution in [1.82, 2.24) is 0 Å². The van der Waals surface area contributed by atoms with E-state index in [0.29, 0.717) is 43.8 Å². The van der Waals surface area contributed by atoms with Crippen molar-refractivity contribution in [1.29, 1.82) is 0 Å². The zero-order valence-corrected chi connectivity index (χ0v) is 25.1. The number of nitrogen functional groups attached to an aromatic ring is 1. The number of methoxy groups -OCH3 is 2. The number of esters is 2. The number of rotatable bonds is 5. The number of thioether (sulfide) groups is 2. The molecule has 2 heterocycles. The molecule has 2 saturated heterocycles. The van der Waals surface area contributed by atoms with E-state index in [1.165, 1.54) is 6.07 Å². The summed E-state index contributed by atoms with van der Waals surface area (Å²) in [7, 11) is 2.27. The van der Waals surface area contributed by atoms with Crippen molar-refractivity contribution >= 4 is 64.3 Å². The predicted molar refractivity (Wildman–Crippen MR) is 157 cm³/mol. The average molecular weight is 667 g/mol. The van der Waals surface area contributed by atoms with Gasteiger partial charge in [0, 0.05) is 54.9 Å². The molecule has 2 N–H and O–H groups in total. The molecular weight excluding hydrogens is 638 g/mol. The van der Waals surface area contributed by atoms with Gasteiger partial charge in [-0.05, 0) is 24.3 Å². The van der Waals surface area contributed by atoms with Crippen LogP contribution in [0.4, 0.5) is 49.1 Å². The molecule has 2 aliphatic rings. The predicted octanol–water partition coefficient (Wildman–Crippen LogP) is 5.64. The maximum atomic E-state index is 13.4. The van der Waals surface area contributed by atoms with E-state index < -0.39 is 41.1 Å². The zero-order chi connectivity index (χ0) is 32.7. The lowest BCUT2D eigenvalue weighted by molar-refractivity contribution is -0.137. The first-order valence-corrected chi connectivity index (χ1v) is 15.2. The number of hydrogen-bond donors (Lipinski definition) is 1. The summed E-state index contributed by atoms with van der Waals surface area (Å²) in [6, 6.07) is 3.76. The lowest BCUT2D eigenvalue weighted by Crippen LogP contribution is -2.34. The van der Waals surface area contributed by atoms with Crippen molar-refractivity contribution in [2.45, 2.75) is 12.4 Å². The monoisotopic (exact) mass is 666 g/mol. The van der Waals surface area contributed by atoms with Crippen molar-refractivity contribution in [3.8, 4) is 0 Å². The number of aliphatic imine (C=N–C) groups is 1. The number of isocyanates is 1. The summed E-state index contributed by atoms with van der Waals surface area (Å²) in [4.78, 5) is 40.3. The van der Waals surface area contributed by atoms with Gasteiger partial charge in [0.25, 0.3) is 0 Å². The van der Waals surface area contributed by atoms with Crippen LogP contribution in [0.25, 0.3) is 0 Å². The van der Waals surface area contributed by atoms with E-state index in [2.05, 4.69) is 14.5 Å². The minimum Gasteiger partial charge on any atom is -0.465 e. The number of hydrogen-bond acceptors (Lipinski definition) is 11. The molecule has 0 radical (unpaired) electrons. The van der Waals surface area contributed by atoms with Crippen molar-refractivity contribution in [2.75, 3.05) is 78.9 Å². The zero-order valence-electron chi connectivity index (χ0n) is 23.5. The Balaban J connectivity index is 0.000000241. The quantitative estimate of drug-likeness (QED) is 0.141. The Morgan fingerprint density at radius 2 is 1.18 bits per heavy atom. The molecule has 0 spiro atoms. The molecular formula is C27H28F6N4O5S2. The van der Waals surface area contributed by atoms with Crippen LogP contribution in [0.1, 0.15) is 31.8 Å². The third kappa shape index (κ3) is 8.54. The van der Waals surface area contributed by atoms with E-state index in [1.54, 1.807) is 33.3 Å². The lowest BCUT2D eigenvalue weighted by atomic mass is 10.0. The van der Waals surface area contributed by atoms with E-state index >= 15 is 0 Å². The van der Waals surface area contributed by atoms with Crippen LogP contribution in [0.2, 0.25) is 0 Å². The van der Waals surface area contributed by atoms with Crippen LogP contribution in [0.3, 0.4) is 0 Å². The van der Waals surface area contributed by atoms with Crippen LogP contribution >= 0.6 is 23.5 Å². The number of carbonyl (C=O) groups excluding carboxylic acids is 3. The van der Waals surface area contributed by atoms with Gasteiger partial charge in [-0.2, -0.15) is 54.9 Å². The minimum atomic E-state index is -4.64. The number of carbonyl (C=O) groups is 2. The summed E-state index contributed by atoms with van der Waals surface area (Å²) in [6.45, 7) is 1.87. The minimum absolute atomic E-state index is 0.0163. The maximum Gasteiger partial charge on any atom is 0.418 e. The summed E-state index contributed by atoms with van der Waals surface area (Å²) in [5, 5.41) is 0. The Bertz CT molecular complexity index is 1400. The van der Waals surface area contributed by atoms with Crippen molar-refractivity contribution < 1.29 is 50.2 Å². The number of ether oxygens (including phenoxy) is 2. The van der Waals surface area contributed by atoms with E-state index in [0.717, 1.165) is 43.9 Å². The largest absolute Gasteiger partial charge is 0.465 e. The molecule has 17 heteroatoms. The van der Waals surface area contributed by atoms with Gasteiger partial charge in [-0.3, -0.25) is 0 Å². The first-order valence-electron chi connectivity index (χ1n) is 12.9. The summed E-state index contributed by atoms with van der Waals surface area (Å²) in [5.74, 6) is 1.28. The molecule has 2 aromatic rings. The highest BCUT2D eigenvalue weighted by Crippen LogP contribution is 2.42.